The van der Waals surface area contributed by atoms with E-state index in [1.807, 2.05) is 24.3 Å². The third-order valence-electron chi connectivity index (χ3n) is 11.1. The number of benzene rings is 8. The number of para-hydroxylation sites is 3. The first-order chi connectivity index (χ1) is 27.3. The molecule has 5 nitrogen and oxygen atoms in total. The highest BCUT2D eigenvalue weighted by molar-refractivity contribution is 6.27. The lowest BCUT2D eigenvalue weighted by atomic mass is 10.1. The summed E-state index contributed by atoms with van der Waals surface area (Å²) in [6.07, 6.45) is 0. The van der Waals surface area contributed by atoms with E-state index in [1.54, 1.807) is 0 Å². The van der Waals surface area contributed by atoms with Gasteiger partial charge in [-0.1, -0.05) is 133 Å². The topological polar surface area (TPSA) is 48.8 Å². The molecular weight excluding hydrogens is 673 g/mol. The van der Waals surface area contributed by atoms with Crippen molar-refractivity contribution in [2.75, 3.05) is 0 Å². The molecule has 4 heterocycles. The number of nitrogens with zero attached hydrogens (tertiary/aromatic N) is 4. The summed E-state index contributed by atoms with van der Waals surface area (Å²) in [6.45, 7) is 0. The van der Waals surface area contributed by atoms with E-state index in [2.05, 4.69) is 167 Å². The Hall–Kier alpha value is -7.50. The number of rotatable bonds is 4. The maximum Gasteiger partial charge on any atom is 0.235 e. The van der Waals surface area contributed by atoms with Crippen molar-refractivity contribution in [3.05, 3.63) is 182 Å². The van der Waals surface area contributed by atoms with Crippen LogP contribution < -0.4 is 0 Å². The molecule has 5 heteroatoms. The Labute approximate surface area is 315 Å². The molecule has 0 fully saturated rings. The second-order valence-electron chi connectivity index (χ2n) is 14.2. The fraction of sp³-hybridized carbons (Fsp3) is 0. The van der Waals surface area contributed by atoms with Gasteiger partial charge in [0.15, 0.2) is 0 Å². The average Bonchev–Trinajstić information content (AvgIpc) is 3.90. The lowest BCUT2D eigenvalue weighted by molar-refractivity contribution is 0.669. The molecule has 0 amide bonds. The largest absolute Gasteiger partial charge is 0.456 e. The number of fused-ring (bicyclic) bond motifs is 11. The van der Waals surface area contributed by atoms with Gasteiger partial charge in [-0.25, -0.2) is 9.97 Å². The SMILES string of the molecule is c1ccc(-c2ccc(-n3c4cc5oc6ccccc6c5cc4c4ccc5c(c6ccccc6n5-c5nc(-c6ccccc6)c6ccccc6n5)c43)cc2)cc1. The van der Waals surface area contributed by atoms with Gasteiger partial charge in [-0.2, -0.15) is 0 Å². The summed E-state index contributed by atoms with van der Waals surface area (Å²) in [6, 6.07) is 64.2. The maximum absolute atomic E-state index is 6.49. The third-order valence-corrected chi connectivity index (χ3v) is 11.1. The van der Waals surface area contributed by atoms with Crippen LogP contribution in [0, 0.1) is 0 Å². The van der Waals surface area contributed by atoms with E-state index in [9.17, 15) is 0 Å². The Balaban J connectivity index is 1.21. The molecule has 0 N–H and O–H groups in total. The number of furan rings is 1. The summed E-state index contributed by atoms with van der Waals surface area (Å²) in [5.41, 5.74) is 12.4. The smallest absolute Gasteiger partial charge is 0.235 e. The summed E-state index contributed by atoms with van der Waals surface area (Å²) >= 11 is 0. The molecule has 0 aliphatic heterocycles. The zero-order valence-electron chi connectivity index (χ0n) is 29.5. The van der Waals surface area contributed by atoms with Crippen LogP contribution in [0.5, 0.6) is 0 Å². The zero-order valence-corrected chi connectivity index (χ0v) is 29.5. The highest BCUT2D eigenvalue weighted by atomic mass is 16.3. The van der Waals surface area contributed by atoms with Crippen molar-refractivity contribution in [1.29, 1.82) is 0 Å². The molecule has 0 aliphatic carbocycles. The molecule has 0 atom stereocenters. The Morgan fingerprint density at radius 2 is 1.05 bits per heavy atom. The Morgan fingerprint density at radius 1 is 0.382 bits per heavy atom. The molecule has 12 aromatic rings. The molecule has 8 aromatic carbocycles. The van der Waals surface area contributed by atoms with Gasteiger partial charge in [0, 0.05) is 55.0 Å². The quantitative estimate of drug-likeness (QED) is 0.183. The summed E-state index contributed by atoms with van der Waals surface area (Å²) in [4.78, 5) is 10.6. The van der Waals surface area contributed by atoms with E-state index in [0.29, 0.717) is 5.95 Å². The minimum atomic E-state index is 0.641. The van der Waals surface area contributed by atoms with Crippen molar-refractivity contribution in [1.82, 2.24) is 19.1 Å². The summed E-state index contributed by atoms with van der Waals surface area (Å²) < 4.78 is 11.2. The first-order valence-electron chi connectivity index (χ1n) is 18.6. The Morgan fingerprint density at radius 3 is 1.87 bits per heavy atom. The molecule has 0 unspecified atom stereocenters. The first kappa shape index (κ1) is 30.0. The van der Waals surface area contributed by atoms with Crippen LogP contribution in [-0.2, 0) is 0 Å². The van der Waals surface area contributed by atoms with Crippen LogP contribution in [-0.4, -0.2) is 19.1 Å². The molecule has 12 rings (SSSR count). The van der Waals surface area contributed by atoms with Gasteiger partial charge in [0.05, 0.1) is 33.3 Å². The van der Waals surface area contributed by atoms with E-state index >= 15 is 0 Å². The molecular formula is C50H30N4O. The van der Waals surface area contributed by atoms with E-state index in [4.69, 9.17) is 14.4 Å². The van der Waals surface area contributed by atoms with Crippen molar-refractivity contribution < 1.29 is 4.42 Å². The van der Waals surface area contributed by atoms with Gasteiger partial charge in [0.2, 0.25) is 5.95 Å². The standard InChI is InChI=1S/C50H30N4O/c1-3-13-31(14-4-1)32-23-25-34(26-24-32)53-44-30-46-40(35-17-9-12-22-45(35)55-46)29-39(44)36-27-28-43-47(49(36)53)38-19-8-11-21-42(38)54(43)50-51-41-20-10-7-18-37(41)48(52-50)33-15-5-2-6-16-33/h1-30H. The van der Waals surface area contributed by atoms with Crippen LogP contribution in [0.25, 0.3) is 110 Å². The molecule has 0 aliphatic rings. The highest BCUT2D eigenvalue weighted by Crippen LogP contribution is 2.44. The lowest BCUT2D eigenvalue weighted by Gasteiger charge is -2.12. The van der Waals surface area contributed by atoms with Crippen molar-refractivity contribution in [3.63, 3.8) is 0 Å². The Bertz CT molecular complexity index is 3470. The normalized spacial score (nSPS) is 12.0. The predicted octanol–water partition coefficient (Wildman–Crippen LogP) is 13.1. The number of aromatic nitrogens is 4. The zero-order chi connectivity index (χ0) is 36.0. The van der Waals surface area contributed by atoms with Crippen molar-refractivity contribution in [2.45, 2.75) is 0 Å². The monoisotopic (exact) mass is 702 g/mol. The molecule has 0 radical (unpaired) electrons. The van der Waals surface area contributed by atoms with E-state index < -0.39 is 0 Å². The van der Waals surface area contributed by atoms with Crippen LogP contribution in [0.1, 0.15) is 0 Å². The molecule has 55 heavy (non-hydrogen) atoms. The van der Waals surface area contributed by atoms with Crippen LogP contribution >= 0.6 is 0 Å². The summed E-state index contributed by atoms with van der Waals surface area (Å²) in [5.74, 6) is 0.641. The van der Waals surface area contributed by atoms with Crippen molar-refractivity contribution in [3.8, 4) is 34.0 Å². The van der Waals surface area contributed by atoms with Gasteiger partial charge in [0.1, 0.15) is 11.2 Å². The Kier molecular flexibility index (Phi) is 6.27. The summed E-state index contributed by atoms with van der Waals surface area (Å²) in [5, 5.41) is 7.89. The van der Waals surface area contributed by atoms with Crippen molar-refractivity contribution >= 4 is 76.5 Å². The van der Waals surface area contributed by atoms with Crippen LogP contribution in [0.15, 0.2) is 186 Å². The van der Waals surface area contributed by atoms with Crippen LogP contribution in [0.4, 0.5) is 0 Å². The molecule has 0 spiro atoms. The lowest BCUT2D eigenvalue weighted by Crippen LogP contribution is -2.03. The van der Waals surface area contributed by atoms with E-state index in [0.717, 1.165) is 82.6 Å². The number of hydrogen-bond donors (Lipinski definition) is 0. The summed E-state index contributed by atoms with van der Waals surface area (Å²) in [7, 11) is 0. The van der Waals surface area contributed by atoms with Crippen LogP contribution in [0.3, 0.4) is 0 Å². The minimum Gasteiger partial charge on any atom is -0.456 e. The van der Waals surface area contributed by atoms with Gasteiger partial charge < -0.3 is 8.98 Å². The van der Waals surface area contributed by atoms with Gasteiger partial charge in [-0.3, -0.25) is 4.57 Å². The molecule has 0 bridgehead atoms. The van der Waals surface area contributed by atoms with Crippen LogP contribution in [0.2, 0.25) is 0 Å². The number of hydrogen-bond acceptors (Lipinski definition) is 3. The fourth-order valence-electron chi connectivity index (χ4n) is 8.67. The average molecular weight is 703 g/mol. The van der Waals surface area contributed by atoms with Gasteiger partial charge in [-0.05, 0) is 53.6 Å². The first-order valence-corrected chi connectivity index (χ1v) is 18.6. The third kappa shape index (κ3) is 4.41. The molecule has 0 saturated heterocycles. The molecule has 256 valence electrons. The second kappa shape index (κ2) is 11.5. The fourth-order valence-corrected chi connectivity index (χ4v) is 8.67. The second-order valence-corrected chi connectivity index (χ2v) is 14.2. The molecule has 0 saturated carbocycles. The van der Waals surface area contributed by atoms with Gasteiger partial charge >= 0.3 is 0 Å². The maximum atomic E-state index is 6.49. The van der Waals surface area contributed by atoms with Gasteiger partial charge in [-0.15, -0.1) is 0 Å². The van der Waals surface area contributed by atoms with E-state index in [1.165, 1.54) is 21.9 Å². The predicted molar refractivity (Wildman–Crippen MR) is 226 cm³/mol. The minimum absolute atomic E-state index is 0.641. The van der Waals surface area contributed by atoms with E-state index in [-0.39, 0.29) is 0 Å². The van der Waals surface area contributed by atoms with Gasteiger partial charge in [0.25, 0.3) is 0 Å². The highest BCUT2D eigenvalue weighted by Gasteiger charge is 2.24. The van der Waals surface area contributed by atoms with Crippen molar-refractivity contribution in [2.24, 2.45) is 0 Å². The molecule has 4 aromatic heterocycles.